The van der Waals surface area contributed by atoms with Gasteiger partial charge in [0.2, 0.25) is 6.79 Å². The van der Waals surface area contributed by atoms with Crippen molar-refractivity contribution in [2.45, 2.75) is 0 Å². The number of amides is 4. The zero-order chi connectivity index (χ0) is 23.7. The molecule has 1 saturated heterocycles. The van der Waals surface area contributed by atoms with Crippen molar-refractivity contribution in [2.24, 2.45) is 0 Å². The topological polar surface area (TPSA) is 141 Å². The van der Waals surface area contributed by atoms with Gasteiger partial charge in [-0.15, -0.1) is 0 Å². The van der Waals surface area contributed by atoms with Gasteiger partial charge in [0.05, 0.1) is 17.8 Å². The molecule has 0 atom stereocenters. The maximum Gasteiger partial charge on any atom is 0.341 e. The van der Waals surface area contributed by atoms with Crippen molar-refractivity contribution >= 4 is 47.2 Å². The van der Waals surface area contributed by atoms with Gasteiger partial charge in [0.15, 0.2) is 29.6 Å². The van der Waals surface area contributed by atoms with Crippen molar-refractivity contribution in [1.29, 1.82) is 0 Å². The molecule has 0 aromatic heterocycles. The van der Waals surface area contributed by atoms with Gasteiger partial charge in [-0.1, -0.05) is 11.6 Å². The summed E-state index contributed by atoms with van der Waals surface area (Å²) >= 11 is 6.19. The summed E-state index contributed by atoms with van der Waals surface area (Å²) in [6.07, 6.45) is 1.22. The number of carbonyl (C=O) groups excluding carboxylic acids is 3. The van der Waals surface area contributed by atoms with Crippen molar-refractivity contribution in [3.8, 4) is 23.0 Å². The lowest BCUT2D eigenvalue weighted by molar-refractivity contribution is -0.139. The number of methoxy groups -OCH3 is 1. The molecule has 12 heteroatoms. The molecule has 0 saturated carbocycles. The second-order valence-corrected chi connectivity index (χ2v) is 7.12. The number of rotatable bonds is 6. The van der Waals surface area contributed by atoms with E-state index in [1.807, 2.05) is 0 Å². The Labute approximate surface area is 191 Å². The molecule has 2 aliphatic heterocycles. The second kappa shape index (κ2) is 8.71. The molecule has 0 bridgehead atoms. The predicted molar refractivity (Wildman–Crippen MR) is 113 cm³/mol. The first-order valence-corrected chi connectivity index (χ1v) is 9.69. The standard InChI is InChI=1S/C21H15ClN2O9/c1-30-16-6-10(5-13(22)18(16)31-8-17(25)26)4-12-19(27)23-21(29)24(20(12)28)11-2-3-14-15(7-11)33-9-32-14/h2-7H,8-9H2,1H3,(H,25,26)(H,23,27,29). The smallest absolute Gasteiger partial charge is 0.341 e. The zero-order valence-corrected chi connectivity index (χ0v) is 17.7. The molecule has 0 unspecified atom stereocenters. The Balaban J connectivity index is 1.69. The molecule has 0 radical (unpaired) electrons. The number of hydrogen-bond acceptors (Lipinski definition) is 8. The van der Waals surface area contributed by atoms with Gasteiger partial charge in [0.25, 0.3) is 11.8 Å². The van der Waals surface area contributed by atoms with E-state index in [1.54, 1.807) is 6.07 Å². The molecule has 2 aromatic rings. The first kappa shape index (κ1) is 22.0. The number of aliphatic carboxylic acids is 1. The molecule has 2 heterocycles. The Kier molecular flexibility index (Phi) is 5.80. The van der Waals surface area contributed by atoms with Gasteiger partial charge in [-0.3, -0.25) is 14.9 Å². The number of fused-ring (bicyclic) bond motifs is 1. The van der Waals surface area contributed by atoms with Crippen molar-refractivity contribution in [1.82, 2.24) is 5.32 Å². The minimum atomic E-state index is -1.21. The Bertz CT molecular complexity index is 1220. The zero-order valence-electron chi connectivity index (χ0n) is 16.9. The summed E-state index contributed by atoms with van der Waals surface area (Å²) in [5.74, 6) is -2.10. The fourth-order valence-corrected chi connectivity index (χ4v) is 3.45. The minimum Gasteiger partial charge on any atom is -0.493 e. The number of hydrogen-bond donors (Lipinski definition) is 2. The minimum absolute atomic E-state index is 0.00480. The number of anilines is 1. The third-order valence-electron chi connectivity index (χ3n) is 4.62. The first-order valence-electron chi connectivity index (χ1n) is 9.31. The van der Waals surface area contributed by atoms with Crippen LogP contribution in [0.5, 0.6) is 23.0 Å². The highest BCUT2D eigenvalue weighted by Crippen LogP contribution is 2.38. The molecule has 2 aromatic carbocycles. The Morgan fingerprint density at radius 3 is 2.70 bits per heavy atom. The van der Waals surface area contributed by atoms with Gasteiger partial charge in [-0.25, -0.2) is 14.5 Å². The number of benzene rings is 2. The number of carboxylic acid groups (broad SMARTS) is 1. The normalized spacial score (nSPS) is 16.1. The number of barbiturate groups is 1. The van der Waals surface area contributed by atoms with Crippen LogP contribution in [0.4, 0.5) is 10.5 Å². The van der Waals surface area contributed by atoms with Crippen LogP contribution in [0.15, 0.2) is 35.9 Å². The summed E-state index contributed by atoms with van der Waals surface area (Å²) in [4.78, 5) is 49.5. The Morgan fingerprint density at radius 1 is 1.21 bits per heavy atom. The van der Waals surface area contributed by atoms with Crippen molar-refractivity contribution in [3.63, 3.8) is 0 Å². The molecule has 1 fully saturated rings. The largest absolute Gasteiger partial charge is 0.493 e. The molecule has 2 N–H and O–H groups in total. The maximum atomic E-state index is 13.1. The van der Waals surface area contributed by atoms with Gasteiger partial charge >= 0.3 is 12.0 Å². The van der Waals surface area contributed by atoms with E-state index in [1.165, 1.54) is 37.5 Å². The maximum absolute atomic E-state index is 13.1. The molecule has 4 rings (SSSR count). The summed E-state index contributed by atoms with van der Waals surface area (Å²) in [5.41, 5.74) is 0.107. The number of nitrogens with one attached hydrogen (secondary N) is 1. The fraction of sp³-hybridized carbons (Fsp3) is 0.143. The predicted octanol–water partition coefficient (Wildman–Crippen LogP) is 2.21. The van der Waals surface area contributed by atoms with Crippen LogP contribution in [-0.4, -0.2) is 49.4 Å². The van der Waals surface area contributed by atoms with E-state index in [4.69, 9.17) is 35.7 Å². The van der Waals surface area contributed by atoms with E-state index < -0.39 is 30.4 Å². The first-order chi connectivity index (χ1) is 15.8. The van der Waals surface area contributed by atoms with Crippen LogP contribution in [0, 0.1) is 0 Å². The van der Waals surface area contributed by atoms with Crippen molar-refractivity contribution < 1.29 is 43.2 Å². The summed E-state index contributed by atoms with van der Waals surface area (Å²) in [5, 5.41) is 10.9. The van der Waals surface area contributed by atoms with E-state index in [2.05, 4.69) is 5.32 Å². The molecule has 0 spiro atoms. The van der Waals surface area contributed by atoms with E-state index in [0.717, 1.165) is 4.90 Å². The van der Waals surface area contributed by atoms with Crippen LogP contribution < -0.4 is 29.2 Å². The van der Waals surface area contributed by atoms with Crippen LogP contribution in [0.2, 0.25) is 5.02 Å². The summed E-state index contributed by atoms with van der Waals surface area (Å²) in [7, 11) is 1.31. The molecular formula is C21H15ClN2O9. The Morgan fingerprint density at radius 2 is 1.97 bits per heavy atom. The number of ether oxygens (including phenoxy) is 4. The molecule has 11 nitrogen and oxygen atoms in total. The number of halogens is 1. The number of nitrogens with zero attached hydrogens (tertiary/aromatic N) is 1. The summed E-state index contributed by atoms with van der Waals surface area (Å²) in [6, 6.07) is 6.30. The third kappa shape index (κ3) is 4.26. The lowest BCUT2D eigenvalue weighted by Gasteiger charge is -2.26. The average molecular weight is 475 g/mol. The monoisotopic (exact) mass is 474 g/mol. The van der Waals surface area contributed by atoms with Gasteiger partial charge in [-0.05, 0) is 35.9 Å². The summed E-state index contributed by atoms with van der Waals surface area (Å²) in [6.45, 7) is -0.638. The van der Waals surface area contributed by atoms with Crippen molar-refractivity contribution in [3.05, 3.63) is 46.5 Å². The molecular weight excluding hydrogens is 460 g/mol. The van der Waals surface area contributed by atoms with Gasteiger partial charge < -0.3 is 24.1 Å². The van der Waals surface area contributed by atoms with E-state index >= 15 is 0 Å². The fourth-order valence-electron chi connectivity index (χ4n) is 3.18. The van der Waals surface area contributed by atoms with Gasteiger partial charge in [0, 0.05) is 6.07 Å². The quantitative estimate of drug-likeness (QED) is 0.476. The van der Waals surface area contributed by atoms with E-state index in [9.17, 15) is 19.2 Å². The van der Waals surface area contributed by atoms with Crippen LogP contribution in [0.1, 0.15) is 5.56 Å². The summed E-state index contributed by atoms with van der Waals surface area (Å²) < 4.78 is 20.8. The van der Waals surface area contributed by atoms with Crippen LogP contribution in [-0.2, 0) is 14.4 Å². The Hall–Kier alpha value is -4.25. The highest BCUT2D eigenvalue weighted by Gasteiger charge is 2.37. The highest BCUT2D eigenvalue weighted by molar-refractivity contribution is 6.39. The van der Waals surface area contributed by atoms with Crippen LogP contribution in [0.3, 0.4) is 0 Å². The lowest BCUT2D eigenvalue weighted by atomic mass is 10.1. The number of carboxylic acids is 1. The molecule has 0 aliphatic carbocycles. The number of urea groups is 1. The average Bonchev–Trinajstić information content (AvgIpc) is 3.23. The molecule has 170 valence electrons. The van der Waals surface area contributed by atoms with E-state index in [-0.39, 0.29) is 40.1 Å². The van der Waals surface area contributed by atoms with Crippen LogP contribution >= 0.6 is 11.6 Å². The van der Waals surface area contributed by atoms with Crippen LogP contribution in [0.25, 0.3) is 6.08 Å². The van der Waals surface area contributed by atoms with Gasteiger partial charge in [-0.2, -0.15) is 0 Å². The molecule has 4 amide bonds. The molecule has 2 aliphatic rings. The lowest BCUT2D eigenvalue weighted by Crippen LogP contribution is -2.54. The van der Waals surface area contributed by atoms with E-state index in [0.29, 0.717) is 11.5 Å². The number of imide groups is 2. The number of carbonyl (C=O) groups is 4. The van der Waals surface area contributed by atoms with Crippen molar-refractivity contribution in [2.75, 3.05) is 25.4 Å². The second-order valence-electron chi connectivity index (χ2n) is 6.71. The highest BCUT2D eigenvalue weighted by atomic mass is 35.5. The SMILES string of the molecule is COc1cc(C=C2C(=O)NC(=O)N(c3ccc4c(c3)OCO4)C2=O)cc(Cl)c1OCC(=O)O. The van der Waals surface area contributed by atoms with Gasteiger partial charge in [0.1, 0.15) is 5.57 Å². The molecule has 33 heavy (non-hydrogen) atoms. The third-order valence-corrected chi connectivity index (χ3v) is 4.90.